The van der Waals surface area contributed by atoms with E-state index in [1.807, 2.05) is 48.7 Å². The molecule has 0 spiro atoms. The Kier molecular flexibility index (Phi) is 3.88. The zero-order valence-corrected chi connectivity index (χ0v) is 12.3. The summed E-state index contributed by atoms with van der Waals surface area (Å²) in [5.41, 5.74) is 1.53. The van der Waals surface area contributed by atoms with Gasteiger partial charge in [-0.05, 0) is 24.3 Å². The monoisotopic (exact) mass is 295 g/mol. The number of fused-ring (bicyclic) bond motifs is 1. The summed E-state index contributed by atoms with van der Waals surface area (Å²) < 4.78 is 4.82. The van der Waals surface area contributed by atoms with E-state index in [2.05, 4.69) is 11.1 Å². The van der Waals surface area contributed by atoms with Crippen LogP contribution in [0.15, 0.2) is 70.6 Å². The molecule has 3 rings (SSSR count). The predicted molar refractivity (Wildman–Crippen MR) is 83.6 cm³/mol. The normalized spacial score (nSPS) is 10.5. The fourth-order valence-electron chi connectivity index (χ4n) is 2.07. The van der Waals surface area contributed by atoms with Gasteiger partial charge in [0, 0.05) is 21.4 Å². The molecular formula is C17H13NO2S. The minimum atomic E-state index is -0.327. The molecule has 0 amide bonds. The third kappa shape index (κ3) is 2.90. The van der Waals surface area contributed by atoms with Crippen molar-refractivity contribution in [1.29, 1.82) is 0 Å². The fourth-order valence-corrected chi connectivity index (χ4v) is 3.02. The number of rotatable bonds is 3. The Bertz CT molecular complexity index is 801. The zero-order chi connectivity index (χ0) is 14.7. The highest BCUT2D eigenvalue weighted by atomic mass is 32.2. The number of aromatic nitrogens is 1. The van der Waals surface area contributed by atoms with Crippen LogP contribution < -0.4 is 0 Å². The van der Waals surface area contributed by atoms with E-state index in [0.29, 0.717) is 5.56 Å². The average Bonchev–Trinajstić information content (AvgIpc) is 2.54. The Morgan fingerprint density at radius 3 is 2.71 bits per heavy atom. The maximum atomic E-state index is 11.8. The second-order valence-electron chi connectivity index (χ2n) is 4.45. The van der Waals surface area contributed by atoms with Gasteiger partial charge in [0.15, 0.2) is 0 Å². The van der Waals surface area contributed by atoms with Gasteiger partial charge >= 0.3 is 5.97 Å². The molecule has 0 aliphatic rings. The van der Waals surface area contributed by atoms with Crippen LogP contribution in [0.4, 0.5) is 0 Å². The molecule has 0 saturated heterocycles. The van der Waals surface area contributed by atoms with Gasteiger partial charge in [0.05, 0.1) is 18.2 Å². The first-order valence-corrected chi connectivity index (χ1v) is 7.29. The van der Waals surface area contributed by atoms with E-state index >= 15 is 0 Å². The molecule has 0 aliphatic heterocycles. The minimum absolute atomic E-state index is 0.327. The number of pyridine rings is 1. The standard InChI is InChI=1S/C17H13NO2S/c1-20-17(19)14-7-3-5-9-16(14)21-13-10-12-6-2-4-8-15(12)18-11-13/h2-11H,1H3. The molecule has 3 aromatic rings. The van der Waals surface area contributed by atoms with Crippen molar-refractivity contribution < 1.29 is 9.53 Å². The Morgan fingerprint density at radius 1 is 1.10 bits per heavy atom. The summed E-state index contributed by atoms with van der Waals surface area (Å²) in [6.45, 7) is 0. The highest BCUT2D eigenvalue weighted by Crippen LogP contribution is 2.31. The second-order valence-corrected chi connectivity index (χ2v) is 5.57. The van der Waals surface area contributed by atoms with Crippen molar-refractivity contribution in [3.8, 4) is 0 Å². The lowest BCUT2D eigenvalue weighted by Gasteiger charge is -2.07. The van der Waals surface area contributed by atoms with Crippen molar-refractivity contribution in [2.45, 2.75) is 9.79 Å². The number of esters is 1. The number of carbonyl (C=O) groups is 1. The molecule has 0 aliphatic carbocycles. The van der Waals surface area contributed by atoms with E-state index in [-0.39, 0.29) is 5.97 Å². The topological polar surface area (TPSA) is 39.2 Å². The van der Waals surface area contributed by atoms with Crippen LogP contribution in [0, 0.1) is 0 Å². The number of hydrogen-bond acceptors (Lipinski definition) is 4. The molecule has 4 heteroatoms. The number of benzene rings is 2. The quantitative estimate of drug-likeness (QED) is 0.680. The lowest BCUT2D eigenvalue weighted by molar-refractivity contribution is 0.0597. The molecule has 0 bridgehead atoms. The van der Waals surface area contributed by atoms with Crippen LogP contribution in [0.25, 0.3) is 10.9 Å². The van der Waals surface area contributed by atoms with E-state index in [9.17, 15) is 4.79 Å². The molecule has 2 aromatic carbocycles. The minimum Gasteiger partial charge on any atom is -0.465 e. The van der Waals surface area contributed by atoms with Crippen molar-refractivity contribution in [3.63, 3.8) is 0 Å². The molecule has 0 saturated carbocycles. The molecule has 21 heavy (non-hydrogen) atoms. The Morgan fingerprint density at radius 2 is 1.86 bits per heavy atom. The number of methoxy groups -OCH3 is 1. The molecular weight excluding hydrogens is 282 g/mol. The Labute approximate surface area is 127 Å². The second kappa shape index (κ2) is 5.97. The number of nitrogens with zero attached hydrogens (tertiary/aromatic N) is 1. The van der Waals surface area contributed by atoms with Gasteiger partial charge < -0.3 is 4.74 Å². The van der Waals surface area contributed by atoms with Gasteiger partial charge in [-0.25, -0.2) is 4.79 Å². The maximum Gasteiger partial charge on any atom is 0.339 e. The van der Waals surface area contributed by atoms with Crippen LogP contribution in [-0.4, -0.2) is 18.1 Å². The smallest absolute Gasteiger partial charge is 0.339 e. The molecule has 3 nitrogen and oxygen atoms in total. The summed E-state index contributed by atoms with van der Waals surface area (Å²) in [5, 5.41) is 1.08. The Balaban J connectivity index is 1.97. The van der Waals surface area contributed by atoms with Crippen LogP contribution in [0.2, 0.25) is 0 Å². The first-order chi connectivity index (χ1) is 10.3. The first-order valence-electron chi connectivity index (χ1n) is 6.48. The van der Waals surface area contributed by atoms with Crippen LogP contribution >= 0.6 is 11.8 Å². The van der Waals surface area contributed by atoms with Gasteiger partial charge in [0.1, 0.15) is 0 Å². The van der Waals surface area contributed by atoms with Crippen LogP contribution in [0.3, 0.4) is 0 Å². The molecule has 0 fully saturated rings. The average molecular weight is 295 g/mol. The van der Waals surface area contributed by atoms with Gasteiger partial charge in [-0.2, -0.15) is 0 Å². The van der Waals surface area contributed by atoms with E-state index in [4.69, 9.17) is 4.74 Å². The van der Waals surface area contributed by atoms with E-state index in [1.165, 1.54) is 18.9 Å². The number of carbonyl (C=O) groups excluding carboxylic acids is 1. The largest absolute Gasteiger partial charge is 0.465 e. The van der Waals surface area contributed by atoms with Crippen molar-refractivity contribution >= 4 is 28.6 Å². The molecule has 0 atom stereocenters. The molecule has 1 aromatic heterocycles. The Hall–Kier alpha value is -2.33. The van der Waals surface area contributed by atoms with Crippen LogP contribution in [0.5, 0.6) is 0 Å². The molecule has 0 radical (unpaired) electrons. The van der Waals surface area contributed by atoms with Gasteiger partial charge in [-0.15, -0.1) is 0 Å². The van der Waals surface area contributed by atoms with E-state index in [1.54, 1.807) is 6.07 Å². The van der Waals surface area contributed by atoms with Crippen LogP contribution in [0.1, 0.15) is 10.4 Å². The van der Waals surface area contributed by atoms with E-state index in [0.717, 1.165) is 20.7 Å². The van der Waals surface area contributed by atoms with Gasteiger partial charge in [0.25, 0.3) is 0 Å². The lowest BCUT2D eigenvalue weighted by Crippen LogP contribution is -2.02. The SMILES string of the molecule is COC(=O)c1ccccc1Sc1cnc2ccccc2c1. The third-order valence-electron chi connectivity index (χ3n) is 3.09. The summed E-state index contributed by atoms with van der Waals surface area (Å²) in [6.07, 6.45) is 1.82. The van der Waals surface area contributed by atoms with Crippen molar-refractivity contribution in [2.24, 2.45) is 0 Å². The summed E-state index contributed by atoms with van der Waals surface area (Å²) >= 11 is 1.51. The van der Waals surface area contributed by atoms with Crippen molar-refractivity contribution in [2.75, 3.05) is 7.11 Å². The number of para-hydroxylation sites is 1. The summed E-state index contributed by atoms with van der Waals surface area (Å²) in [7, 11) is 1.39. The lowest BCUT2D eigenvalue weighted by atomic mass is 10.2. The van der Waals surface area contributed by atoms with Crippen LogP contribution in [-0.2, 0) is 4.74 Å². The molecule has 1 heterocycles. The predicted octanol–water partition coefficient (Wildman–Crippen LogP) is 4.17. The first kappa shape index (κ1) is 13.6. The number of ether oxygens (including phenoxy) is 1. The van der Waals surface area contributed by atoms with E-state index < -0.39 is 0 Å². The number of hydrogen-bond donors (Lipinski definition) is 0. The summed E-state index contributed by atoms with van der Waals surface area (Å²) in [5.74, 6) is -0.327. The highest BCUT2D eigenvalue weighted by molar-refractivity contribution is 7.99. The molecule has 104 valence electrons. The molecule has 0 unspecified atom stereocenters. The fraction of sp³-hybridized carbons (Fsp3) is 0.0588. The maximum absolute atomic E-state index is 11.8. The van der Waals surface area contributed by atoms with Gasteiger partial charge in [-0.3, -0.25) is 4.98 Å². The summed E-state index contributed by atoms with van der Waals surface area (Å²) in [6, 6.07) is 17.4. The zero-order valence-electron chi connectivity index (χ0n) is 11.4. The molecule has 0 N–H and O–H groups in total. The van der Waals surface area contributed by atoms with Gasteiger partial charge in [0.2, 0.25) is 0 Å². The van der Waals surface area contributed by atoms with Crippen molar-refractivity contribution in [1.82, 2.24) is 4.98 Å². The highest BCUT2D eigenvalue weighted by Gasteiger charge is 2.12. The van der Waals surface area contributed by atoms with Crippen molar-refractivity contribution in [3.05, 3.63) is 66.4 Å². The van der Waals surface area contributed by atoms with Gasteiger partial charge in [-0.1, -0.05) is 42.1 Å². The third-order valence-corrected chi connectivity index (χ3v) is 4.12. The summed E-state index contributed by atoms with van der Waals surface area (Å²) in [4.78, 5) is 18.1.